The Morgan fingerprint density at radius 3 is 2.34 bits per heavy atom. The van der Waals surface area contributed by atoms with Crippen molar-refractivity contribution in [1.82, 2.24) is 9.97 Å². The maximum Gasteiger partial charge on any atom is 0.0737 e. The molecule has 35 heavy (non-hydrogen) atoms. The van der Waals surface area contributed by atoms with Gasteiger partial charge in [-0.15, -0.1) is 0 Å². The van der Waals surface area contributed by atoms with Crippen LogP contribution < -0.4 is 0 Å². The Balaban J connectivity index is 1.39. The molecule has 0 aliphatic heterocycles. The number of hydrogen-bond donors (Lipinski definition) is 0. The van der Waals surface area contributed by atoms with Gasteiger partial charge in [0, 0.05) is 23.3 Å². The Bertz CT molecular complexity index is 1440. The van der Waals surface area contributed by atoms with E-state index in [1.165, 1.54) is 70.9 Å². The summed E-state index contributed by atoms with van der Waals surface area (Å²) in [5.74, 6) is 0.649. The van der Waals surface area contributed by atoms with Crippen molar-refractivity contribution in [2.75, 3.05) is 0 Å². The van der Waals surface area contributed by atoms with E-state index in [0.717, 1.165) is 17.6 Å². The molecular formula is C33H30N2. The maximum atomic E-state index is 4.67. The van der Waals surface area contributed by atoms with E-state index < -0.39 is 0 Å². The van der Waals surface area contributed by atoms with Crippen LogP contribution in [0.4, 0.5) is 0 Å². The van der Waals surface area contributed by atoms with E-state index in [2.05, 4.69) is 88.8 Å². The van der Waals surface area contributed by atoms with Crippen molar-refractivity contribution in [2.45, 2.75) is 44.4 Å². The summed E-state index contributed by atoms with van der Waals surface area (Å²) in [5, 5.41) is 1.20. The number of rotatable bonds is 5. The van der Waals surface area contributed by atoms with Crippen molar-refractivity contribution in [3.8, 4) is 22.4 Å². The van der Waals surface area contributed by atoms with Gasteiger partial charge in [0.2, 0.25) is 0 Å². The molecule has 1 aliphatic rings. The molecule has 2 nitrogen and oxygen atoms in total. The van der Waals surface area contributed by atoms with E-state index in [1.807, 2.05) is 24.5 Å². The molecule has 2 aromatic heterocycles. The Hall–Kier alpha value is -3.78. The molecule has 0 amide bonds. The Kier molecular flexibility index (Phi) is 6.11. The van der Waals surface area contributed by atoms with E-state index in [-0.39, 0.29) is 0 Å². The van der Waals surface area contributed by atoms with Crippen LogP contribution in [0.5, 0.6) is 0 Å². The van der Waals surface area contributed by atoms with Crippen LogP contribution in [0.15, 0.2) is 103 Å². The van der Waals surface area contributed by atoms with Crippen LogP contribution in [0.1, 0.15) is 54.7 Å². The molecule has 1 aliphatic carbocycles. The predicted octanol–water partition coefficient (Wildman–Crippen LogP) is 8.60. The number of aromatic nitrogens is 2. The van der Waals surface area contributed by atoms with Gasteiger partial charge >= 0.3 is 0 Å². The fourth-order valence-electron chi connectivity index (χ4n) is 5.56. The summed E-state index contributed by atoms with van der Waals surface area (Å²) >= 11 is 0. The highest BCUT2D eigenvalue weighted by Crippen LogP contribution is 2.37. The van der Waals surface area contributed by atoms with Crippen molar-refractivity contribution in [1.29, 1.82) is 0 Å². The molecule has 3 aromatic carbocycles. The maximum absolute atomic E-state index is 4.67. The average Bonchev–Trinajstić information content (AvgIpc) is 2.94. The fourth-order valence-corrected chi connectivity index (χ4v) is 5.56. The van der Waals surface area contributed by atoms with Gasteiger partial charge in [0.15, 0.2) is 0 Å². The third-order valence-electron chi connectivity index (χ3n) is 7.36. The second kappa shape index (κ2) is 9.84. The molecule has 172 valence electrons. The SMILES string of the molecule is c1ccc(-c2cc(-c3cccc(Cc4cccc5cccnc45)c3)cc(C3CCCCC3)c2)nc1. The zero-order chi connectivity index (χ0) is 23.5. The summed E-state index contributed by atoms with van der Waals surface area (Å²) < 4.78 is 0. The third kappa shape index (κ3) is 4.74. The smallest absolute Gasteiger partial charge is 0.0737 e. The third-order valence-corrected chi connectivity index (χ3v) is 7.36. The highest BCUT2D eigenvalue weighted by atomic mass is 14.7. The van der Waals surface area contributed by atoms with E-state index in [0.29, 0.717) is 5.92 Å². The first kappa shape index (κ1) is 21.7. The van der Waals surface area contributed by atoms with Crippen molar-refractivity contribution in [3.05, 3.63) is 120 Å². The monoisotopic (exact) mass is 454 g/mol. The largest absolute Gasteiger partial charge is 0.256 e. The van der Waals surface area contributed by atoms with Crippen molar-refractivity contribution in [3.63, 3.8) is 0 Å². The molecule has 0 unspecified atom stereocenters. The molecule has 2 heterocycles. The van der Waals surface area contributed by atoms with Crippen molar-refractivity contribution < 1.29 is 0 Å². The molecule has 0 saturated heterocycles. The predicted molar refractivity (Wildman–Crippen MR) is 145 cm³/mol. The van der Waals surface area contributed by atoms with Crippen molar-refractivity contribution >= 4 is 10.9 Å². The highest BCUT2D eigenvalue weighted by Gasteiger charge is 2.18. The summed E-state index contributed by atoms with van der Waals surface area (Å²) in [5.41, 5.74) is 9.95. The van der Waals surface area contributed by atoms with Gasteiger partial charge in [0.05, 0.1) is 11.2 Å². The van der Waals surface area contributed by atoms with E-state index >= 15 is 0 Å². The lowest BCUT2D eigenvalue weighted by atomic mass is 9.82. The zero-order valence-corrected chi connectivity index (χ0v) is 20.0. The Morgan fingerprint density at radius 1 is 0.629 bits per heavy atom. The van der Waals surface area contributed by atoms with Crippen molar-refractivity contribution in [2.24, 2.45) is 0 Å². The number of hydrogen-bond acceptors (Lipinski definition) is 2. The lowest BCUT2D eigenvalue weighted by molar-refractivity contribution is 0.444. The van der Waals surface area contributed by atoms with E-state index in [1.54, 1.807) is 0 Å². The normalized spacial score (nSPS) is 14.3. The summed E-state index contributed by atoms with van der Waals surface area (Å²) in [4.78, 5) is 9.32. The van der Waals surface area contributed by atoms with E-state index in [4.69, 9.17) is 0 Å². The van der Waals surface area contributed by atoms with Crippen LogP contribution in [0, 0.1) is 0 Å². The summed E-state index contributed by atoms with van der Waals surface area (Å²) in [7, 11) is 0. The first-order valence-corrected chi connectivity index (χ1v) is 12.8. The number of para-hydroxylation sites is 1. The first-order chi connectivity index (χ1) is 17.3. The standard InChI is InChI=1S/C33H30N2/c1-2-10-25(11-3-1)29-21-30(23-31(22-29)32-16-4-5-17-34-32)27-13-6-9-24(19-27)20-28-14-7-12-26-15-8-18-35-33(26)28/h4-9,12-19,21-23,25H,1-3,10-11,20H2. The first-order valence-electron chi connectivity index (χ1n) is 12.8. The number of benzene rings is 3. The van der Waals surface area contributed by atoms with Gasteiger partial charge in [-0.3, -0.25) is 9.97 Å². The molecule has 5 aromatic rings. The fraction of sp³-hybridized carbons (Fsp3) is 0.212. The molecule has 2 heteroatoms. The van der Waals surface area contributed by atoms with Gasteiger partial charge in [-0.25, -0.2) is 0 Å². The van der Waals surface area contributed by atoms with Gasteiger partial charge < -0.3 is 0 Å². The minimum atomic E-state index is 0.649. The van der Waals surface area contributed by atoms with Gasteiger partial charge in [0.1, 0.15) is 0 Å². The summed E-state index contributed by atoms with van der Waals surface area (Å²) in [6, 6.07) is 32.9. The summed E-state index contributed by atoms with van der Waals surface area (Å²) in [6.45, 7) is 0. The minimum Gasteiger partial charge on any atom is -0.256 e. The quantitative estimate of drug-likeness (QED) is 0.266. The highest BCUT2D eigenvalue weighted by molar-refractivity contribution is 5.82. The van der Waals surface area contributed by atoms with Crippen LogP contribution in [0.3, 0.4) is 0 Å². The minimum absolute atomic E-state index is 0.649. The molecule has 1 saturated carbocycles. The van der Waals surface area contributed by atoms with Crippen LogP contribution in [-0.4, -0.2) is 9.97 Å². The Labute approximate surface area is 207 Å². The van der Waals surface area contributed by atoms with E-state index in [9.17, 15) is 0 Å². The topological polar surface area (TPSA) is 25.8 Å². The number of pyridine rings is 2. The number of nitrogens with zero attached hydrogens (tertiary/aromatic N) is 2. The van der Waals surface area contributed by atoms with Gasteiger partial charge in [-0.05, 0) is 83.3 Å². The molecule has 6 rings (SSSR count). The molecule has 0 N–H and O–H groups in total. The van der Waals surface area contributed by atoms with Crippen LogP contribution in [-0.2, 0) is 6.42 Å². The molecular weight excluding hydrogens is 424 g/mol. The Morgan fingerprint density at radius 2 is 1.46 bits per heavy atom. The molecule has 0 bridgehead atoms. The average molecular weight is 455 g/mol. The lowest BCUT2D eigenvalue weighted by Crippen LogP contribution is -2.05. The zero-order valence-electron chi connectivity index (χ0n) is 20.0. The van der Waals surface area contributed by atoms with Crippen LogP contribution in [0.25, 0.3) is 33.3 Å². The lowest BCUT2D eigenvalue weighted by Gasteiger charge is -2.23. The van der Waals surface area contributed by atoms with Gasteiger partial charge in [-0.2, -0.15) is 0 Å². The van der Waals surface area contributed by atoms with Gasteiger partial charge in [0.25, 0.3) is 0 Å². The molecule has 0 radical (unpaired) electrons. The molecule has 0 spiro atoms. The van der Waals surface area contributed by atoms with Crippen LogP contribution in [0.2, 0.25) is 0 Å². The molecule has 0 atom stereocenters. The summed E-state index contributed by atoms with van der Waals surface area (Å²) in [6.07, 6.45) is 11.3. The second-order valence-corrected chi connectivity index (χ2v) is 9.76. The molecule has 1 fully saturated rings. The van der Waals surface area contributed by atoms with Gasteiger partial charge in [-0.1, -0.05) is 79.9 Å². The van der Waals surface area contributed by atoms with Crippen LogP contribution >= 0.6 is 0 Å². The second-order valence-electron chi connectivity index (χ2n) is 9.76. The number of fused-ring (bicyclic) bond motifs is 1.